The predicted octanol–water partition coefficient (Wildman–Crippen LogP) is 5.06. The highest BCUT2D eigenvalue weighted by atomic mass is 19.3. The molecule has 8 heteroatoms. The number of aryl methyl sites for hydroxylation is 1. The molecular weight excluding hydrogens is 436 g/mol. The van der Waals surface area contributed by atoms with Crippen molar-refractivity contribution in [3.8, 4) is 22.4 Å². The second-order valence-electron chi connectivity index (χ2n) is 8.68. The van der Waals surface area contributed by atoms with Gasteiger partial charge in [-0.25, -0.2) is 13.8 Å². The Morgan fingerprint density at radius 3 is 2.62 bits per heavy atom. The lowest BCUT2D eigenvalue weighted by atomic mass is 10.0. The summed E-state index contributed by atoms with van der Waals surface area (Å²) in [6.45, 7) is 1.56. The number of rotatable bonds is 3. The fourth-order valence-corrected chi connectivity index (χ4v) is 4.76. The van der Waals surface area contributed by atoms with Crippen LogP contribution in [0, 0.1) is 6.92 Å². The Kier molecular flexibility index (Phi) is 4.52. The number of benzene rings is 2. The van der Waals surface area contributed by atoms with Crippen molar-refractivity contribution in [3.63, 3.8) is 0 Å². The summed E-state index contributed by atoms with van der Waals surface area (Å²) in [5, 5.41) is 4.09. The first-order chi connectivity index (χ1) is 16.4. The summed E-state index contributed by atoms with van der Waals surface area (Å²) < 4.78 is 29.7. The second-order valence-corrected chi connectivity index (χ2v) is 8.68. The third-order valence-corrected chi connectivity index (χ3v) is 6.38. The largest absolute Gasteiger partial charge is 0.360 e. The number of fused-ring (bicyclic) bond motifs is 2. The van der Waals surface area contributed by atoms with Gasteiger partial charge in [0.2, 0.25) is 0 Å². The summed E-state index contributed by atoms with van der Waals surface area (Å²) in [5.74, 6) is -2.78. The highest BCUT2D eigenvalue weighted by Gasteiger charge is 2.40. The maximum absolute atomic E-state index is 14.1. The molecule has 170 valence electrons. The molecule has 1 saturated heterocycles. The van der Waals surface area contributed by atoms with Crippen molar-refractivity contribution in [2.45, 2.75) is 19.3 Å². The third kappa shape index (κ3) is 3.25. The van der Waals surface area contributed by atoms with E-state index in [0.717, 1.165) is 22.0 Å². The molecule has 6 nitrogen and oxygen atoms in total. The van der Waals surface area contributed by atoms with Gasteiger partial charge in [0.05, 0.1) is 29.0 Å². The standard InChI is InChI=1S/C26H21F2N5O/c1-16-21(19-9-10-20-18(14-19)8-5-12-29-20)25(34)33-24(30-16)23(32-13-11-26(27,28)15-32)22(31-33)17-6-3-2-4-7-17/h2-10,12,14,31H,11,13,15H2,1H3. The van der Waals surface area contributed by atoms with Gasteiger partial charge in [0.1, 0.15) is 5.69 Å². The van der Waals surface area contributed by atoms with E-state index in [1.165, 1.54) is 4.52 Å². The number of nitrogens with one attached hydrogen (secondary N) is 1. The zero-order valence-electron chi connectivity index (χ0n) is 18.4. The van der Waals surface area contributed by atoms with Crippen molar-refractivity contribution in [3.05, 3.63) is 82.9 Å². The number of aromatic amines is 1. The first kappa shape index (κ1) is 20.5. The fraction of sp³-hybridized carbons (Fsp3) is 0.192. The van der Waals surface area contributed by atoms with Gasteiger partial charge in [-0.3, -0.25) is 14.9 Å². The minimum atomic E-state index is -2.78. The topological polar surface area (TPSA) is 66.3 Å². The molecule has 0 aliphatic carbocycles. The minimum absolute atomic E-state index is 0.189. The predicted molar refractivity (Wildman–Crippen MR) is 128 cm³/mol. The Morgan fingerprint density at radius 2 is 1.85 bits per heavy atom. The molecule has 3 aromatic heterocycles. The lowest BCUT2D eigenvalue weighted by Crippen LogP contribution is -2.26. The average molecular weight is 457 g/mol. The van der Waals surface area contributed by atoms with E-state index in [-0.39, 0.29) is 18.5 Å². The third-order valence-electron chi connectivity index (χ3n) is 6.38. The van der Waals surface area contributed by atoms with Crippen molar-refractivity contribution < 1.29 is 8.78 Å². The number of aromatic nitrogens is 4. The van der Waals surface area contributed by atoms with Crippen LogP contribution in [0.1, 0.15) is 12.1 Å². The van der Waals surface area contributed by atoms with Crippen LogP contribution in [0.4, 0.5) is 14.5 Å². The Balaban J connectivity index is 1.60. The molecule has 0 bridgehead atoms. The van der Waals surface area contributed by atoms with Crippen molar-refractivity contribution in [1.29, 1.82) is 0 Å². The van der Waals surface area contributed by atoms with Crippen LogP contribution >= 0.6 is 0 Å². The first-order valence-corrected chi connectivity index (χ1v) is 11.1. The maximum Gasteiger partial charge on any atom is 0.280 e. The van der Waals surface area contributed by atoms with Gasteiger partial charge >= 0.3 is 0 Å². The molecule has 6 rings (SSSR count). The first-order valence-electron chi connectivity index (χ1n) is 11.1. The number of alkyl halides is 2. The minimum Gasteiger partial charge on any atom is -0.360 e. The normalized spacial score (nSPS) is 15.4. The van der Waals surface area contributed by atoms with Crippen molar-refractivity contribution >= 4 is 22.2 Å². The number of hydrogen-bond donors (Lipinski definition) is 1. The summed E-state index contributed by atoms with van der Waals surface area (Å²) >= 11 is 0. The Hall–Kier alpha value is -4.07. The van der Waals surface area contributed by atoms with Gasteiger partial charge in [-0.1, -0.05) is 42.5 Å². The van der Waals surface area contributed by atoms with Crippen LogP contribution in [-0.2, 0) is 0 Å². The highest BCUT2D eigenvalue weighted by molar-refractivity contribution is 5.88. The lowest BCUT2D eigenvalue weighted by molar-refractivity contribution is 0.0257. The van der Waals surface area contributed by atoms with E-state index in [1.54, 1.807) is 18.0 Å². The van der Waals surface area contributed by atoms with Crippen LogP contribution in [0.2, 0.25) is 0 Å². The molecule has 1 fully saturated rings. The van der Waals surface area contributed by atoms with E-state index in [1.807, 2.05) is 60.7 Å². The quantitative estimate of drug-likeness (QED) is 0.411. The molecule has 5 aromatic rings. The van der Waals surface area contributed by atoms with Gasteiger partial charge in [0.25, 0.3) is 11.5 Å². The number of pyridine rings is 1. The molecule has 34 heavy (non-hydrogen) atoms. The molecule has 0 radical (unpaired) electrons. The summed E-state index contributed by atoms with van der Waals surface area (Å²) in [6.07, 6.45) is 1.49. The van der Waals surface area contributed by atoms with Gasteiger partial charge in [0.15, 0.2) is 5.65 Å². The summed E-state index contributed by atoms with van der Waals surface area (Å²) in [5.41, 5.74) is 4.57. The zero-order chi connectivity index (χ0) is 23.4. The van der Waals surface area contributed by atoms with Gasteiger partial charge in [-0.05, 0) is 30.7 Å². The number of hydrogen-bond acceptors (Lipinski definition) is 4. The van der Waals surface area contributed by atoms with Crippen molar-refractivity contribution in [1.82, 2.24) is 19.6 Å². The molecule has 1 aliphatic rings. The maximum atomic E-state index is 14.1. The molecule has 0 unspecified atom stereocenters. The van der Waals surface area contributed by atoms with E-state index in [4.69, 9.17) is 4.98 Å². The number of halogens is 2. The van der Waals surface area contributed by atoms with Crippen LogP contribution < -0.4 is 10.5 Å². The summed E-state index contributed by atoms with van der Waals surface area (Å²) in [4.78, 5) is 24.5. The molecule has 0 amide bonds. The van der Waals surface area contributed by atoms with Gasteiger partial charge in [-0.15, -0.1) is 0 Å². The molecule has 2 aromatic carbocycles. The van der Waals surface area contributed by atoms with E-state index in [2.05, 4.69) is 10.1 Å². The highest BCUT2D eigenvalue weighted by Crippen LogP contribution is 2.39. The van der Waals surface area contributed by atoms with Crippen molar-refractivity contribution in [2.24, 2.45) is 0 Å². The smallest absolute Gasteiger partial charge is 0.280 e. The van der Waals surface area contributed by atoms with Gasteiger partial charge < -0.3 is 4.90 Å². The van der Waals surface area contributed by atoms with Crippen LogP contribution in [-0.4, -0.2) is 38.6 Å². The summed E-state index contributed by atoms with van der Waals surface area (Å²) in [6, 6.07) is 18.9. The second kappa shape index (κ2) is 7.48. The lowest BCUT2D eigenvalue weighted by Gasteiger charge is -2.18. The van der Waals surface area contributed by atoms with Gasteiger partial charge in [0, 0.05) is 30.1 Å². The number of anilines is 1. The monoisotopic (exact) mass is 457 g/mol. The molecular formula is C26H21F2N5O. The Morgan fingerprint density at radius 1 is 1.03 bits per heavy atom. The molecule has 1 N–H and O–H groups in total. The molecule has 0 saturated carbocycles. The zero-order valence-corrected chi connectivity index (χ0v) is 18.4. The van der Waals surface area contributed by atoms with Crippen molar-refractivity contribution in [2.75, 3.05) is 18.0 Å². The summed E-state index contributed by atoms with van der Waals surface area (Å²) in [7, 11) is 0. The van der Waals surface area contributed by atoms with Crippen LogP contribution in [0.3, 0.4) is 0 Å². The molecule has 4 heterocycles. The Labute approximate surface area is 193 Å². The molecule has 0 atom stereocenters. The van der Waals surface area contributed by atoms with Crippen LogP contribution in [0.15, 0.2) is 71.7 Å². The molecule has 0 spiro atoms. The average Bonchev–Trinajstić information content (AvgIpc) is 3.39. The fourth-order valence-electron chi connectivity index (χ4n) is 4.76. The Bertz CT molecular complexity index is 1610. The van der Waals surface area contributed by atoms with Gasteiger partial charge in [-0.2, -0.15) is 4.52 Å². The number of H-pyrrole nitrogens is 1. The molecule has 1 aliphatic heterocycles. The van der Waals surface area contributed by atoms with E-state index >= 15 is 0 Å². The van der Waals surface area contributed by atoms with E-state index < -0.39 is 12.5 Å². The SMILES string of the molecule is Cc1nc2c(N3CCC(F)(F)C3)c(-c3ccccc3)[nH]n2c(=O)c1-c1ccc2ncccc2c1. The van der Waals surface area contributed by atoms with Crippen LogP contribution in [0.25, 0.3) is 38.9 Å². The van der Waals surface area contributed by atoms with Crippen LogP contribution in [0.5, 0.6) is 0 Å². The van der Waals surface area contributed by atoms with E-state index in [9.17, 15) is 13.6 Å². The van der Waals surface area contributed by atoms with E-state index in [0.29, 0.717) is 28.3 Å². The number of nitrogens with zero attached hydrogens (tertiary/aromatic N) is 4.